The summed E-state index contributed by atoms with van der Waals surface area (Å²) >= 11 is 0. The molecule has 5 heteroatoms. The lowest BCUT2D eigenvalue weighted by Gasteiger charge is -2.39. The number of fused-ring (bicyclic) bond motifs is 2. The van der Waals surface area contributed by atoms with Crippen LogP contribution in [0.25, 0.3) is 0 Å². The predicted molar refractivity (Wildman–Crippen MR) is 113 cm³/mol. The van der Waals surface area contributed by atoms with Crippen LogP contribution in [-0.4, -0.2) is 38.4 Å². The van der Waals surface area contributed by atoms with Gasteiger partial charge in [-0.15, -0.1) is 0 Å². The fraction of sp³-hybridized carbons (Fsp3) is 0.696. The molecule has 0 spiro atoms. The molecular weight excluding hydrogens is 350 g/mol. The van der Waals surface area contributed by atoms with Crippen LogP contribution in [0.2, 0.25) is 0 Å². The maximum atomic E-state index is 12.7. The van der Waals surface area contributed by atoms with Crippen LogP contribution in [0, 0.1) is 16.7 Å². The molecule has 2 saturated carbocycles. The van der Waals surface area contributed by atoms with Gasteiger partial charge in [-0.2, -0.15) is 0 Å². The number of urea groups is 1. The highest BCUT2D eigenvalue weighted by atomic mass is 16.5. The first-order chi connectivity index (χ1) is 13.3. The monoisotopic (exact) mass is 385 g/mol. The molecule has 5 nitrogen and oxygen atoms in total. The molecule has 3 fully saturated rings. The number of nitrogens with one attached hydrogen (secondary N) is 2. The maximum Gasteiger partial charge on any atom is 0.315 e. The van der Waals surface area contributed by atoms with Gasteiger partial charge in [-0.25, -0.2) is 4.79 Å². The van der Waals surface area contributed by atoms with Gasteiger partial charge in [-0.05, 0) is 60.6 Å². The molecule has 1 aliphatic heterocycles. The largest absolute Gasteiger partial charge is 0.378 e. The van der Waals surface area contributed by atoms with Gasteiger partial charge in [0.05, 0.1) is 19.3 Å². The number of morpholine rings is 1. The smallest absolute Gasteiger partial charge is 0.315 e. The van der Waals surface area contributed by atoms with E-state index in [1.54, 1.807) is 0 Å². The summed E-state index contributed by atoms with van der Waals surface area (Å²) in [4.78, 5) is 15.0. The van der Waals surface area contributed by atoms with Gasteiger partial charge < -0.3 is 20.3 Å². The van der Waals surface area contributed by atoms with E-state index in [1.807, 2.05) is 0 Å². The van der Waals surface area contributed by atoms with Crippen LogP contribution in [0.1, 0.15) is 58.6 Å². The van der Waals surface area contributed by atoms with Gasteiger partial charge in [-0.3, -0.25) is 0 Å². The maximum absolute atomic E-state index is 12.7. The molecule has 3 aliphatic rings. The van der Waals surface area contributed by atoms with Crippen molar-refractivity contribution in [3.63, 3.8) is 0 Å². The summed E-state index contributed by atoms with van der Waals surface area (Å²) < 4.78 is 5.42. The summed E-state index contributed by atoms with van der Waals surface area (Å²) in [6, 6.07) is 8.76. The Balaban J connectivity index is 1.33. The molecule has 4 unspecified atom stereocenters. The van der Waals surface area contributed by atoms with E-state index in [4.69, 9.17) is 4.74 Å². The molecule has 4 rings (SSSR count). The van der Waals surface area contributed by atoms with Crippen molar-refractivity contribution >= 4 is 11.7 Å². The van der Waals surface area contributed by atoms with Crippen molar-refractivity contribution in [2.45, 2.75) is 59.0 Å². The van der Waals surface area contributed by atoms with Gasteiger partial charge in [0.15, 0.2) is 0 Å². The molecule has 0 aromatic heterocycles. The number of hydrogen-bond donors (Lipinski definition) is 2. The number of carbonyl (C=O) groups excluding carboxylic acids is 1. The molecular formula is C23H35N3O2. The molecule has 1 aromatic rings. The van der Waals surface area contributed by atoms with Gasteiger partial charge in [-0.1, -0.05) is 32.9 Å². The Morgan fingerprint density at radius 2 is 1.86 bits per heavy atom. The van der Waals surface area contributed by atoms with Gasteiger partial charge in [0.1, 0.15) is 0 Å². The summed E-state index contributed by atoms with van der Waals surface area (Å²) in [6.45, 7) is 12.6. The Bertz CT molecular complexity index is 711. The van der Waals surface area contributed by atoms with Gasteiger partial charge in [0.2, 0.25) is 0 Å². The molecule has 1 aromatic carbocycles. The topological polar surface area (TPSA) is 53.6 Å². The zero-order chi connectivity index (χ0) is 19.9. The standard InChI is InChI=1S/C23H35N3O2/c1-16(17-5-7-19(8-6-17)26-11-13-28-14-12-26)24-21(27)25-20-15-18-9-10-23(20,4)22(18,2)3/h5-8,16,18,20H,9-15H2,1-4H3,(H2,24,25,27). The Labute approximate surface area is 169 Å². The number of carbonyl (C=O) groups is 1. The number of nitrogens with zero attached hydrogens (tertiary/aromatic N) is 1. The second-order valence-corrected chi connectivity index (χ2v) is 9.69. The van der Waals surface area contributed by atoms with E-state index in [0.717, 1.165) is 44.2 Å². The van der Waals surface area contributed by atoms with E-state index in [2.05, 4.69) is 67.5 Å². The number of anilines is 1. The van der Waals surface area contributed by atoms with E-state index in [-0.39, 0.29) is 23.5 Å². The molecule has 2 bridgehead atoms. The third kappa shape index (κ3) is 3.28. The number of rotatable bonds is 4. The summed E-state index contributed by atoms with van der Waals surface area (Å²) in [5, 5.41) is 6.44. The van der Waals surface area contributed by atoms with E-state index < -0.39 is 0 Å². The van der Waals surface area contributed by atoms with E-state index in [9.17, 15) is 4.79 Å². The van der Waals surface area contributed by atoms with Gasteiger partial charge in [0.25, 0.3) is 0 Å². The summed E-state index contributed by atoms with van der Waals surface area (Å²) in [5.41, 5.74) is 2.87. The van der Waals surface area contributed by atoms with Crippen LogP contribution in [-0.2, 0) is 4.74 Å². The van der Waals surface area contributed by atoms with Crippen LogP contribution in [0.15, 0.2) is 24.3 Å². The fourth-order valence-corrected chi connectivity index (χ4v) is 5.70. The highest BCUT2D eigenvalue weighted by Crippen LogP contribution is 2.65. The molecule has 1 heterocycles. The second-order valence-electron chi connectivity index (χ2n) is 9.69. The average Bonchev–Trinajstić information content (AvgIpc) is 3.02. The third-order valence-corrected chi connectivity index (χ3v) is 8.22. The first-order valence-electron chi connectivity index (χ1n) is 10.8. The van der Waals surface area contributed by atoms with Crippen molar-refractivity contribution in [3.8, 4) is 0 Å². The first-order valence-corrected chi connectivity index (χ1v) is 10.8. The van der Waals surface area contributed by atoms with Crippen molar-refractivity contribution in [3.05, 3.63) is 29.8 Å². The fourth-order valence-electron chi connectivity index (χ4n) is 5.70. The van der Waals surface area contributed by atoms with Crippen LogP contribution in [0.4, 0.5) is 10.5 Å². The van der Waals surface area contributed by atoms with Gasteiger partial charge >= 0.3 is 6.03 Å². The van der Waals surface area contributed by atoms with Crippen LogP contribution in [0.3, 0.4) is 0 Å². The minimum absolute atomic E-state index is 0.0156. The highest BCUT2D eigenvalue weighted by Gasteiger charge is 2.61. The lowest BCUT2D eigenvalue weighted by Crippen LogP contribution is -2.50. The summed E-state index contributed by atoms with van der Waals surface area (Å²) in [5.74, 6) is 0.730. The Morgan fingerprint density at radius 3 is 2.43 bits per heavy atom. The van der Waals surface area contributed by atoms with E-state index in [1.165, 1.54) is 18.5 Å². The SMILES string of the molecule is CC(NC(=O)NC1CC2CCC1(C)C2(C)C)c1ccc(N2CCOCC2)cc1. The molecule has 28 heavy (non-hydrogen) atoms. The minimum atomic E-state index is -0.0423. The van der Waals surface area contributed by atoms with Crippen molar-refractivity contribution in [2.24, 2.45) is 16.7 Å². The molecule has 4 atom stereocenters. The summed E-state index contributed by atoms with van der Waals surface area (Å²) in [7, 11) is 0. The molecule has 1 saturated heterocycles. The van der Waals surface area contributed by atoms with Crippen LogP contribution >= 0.6 is 0 Å². The zero-order valence-corrected chi connectivity index (χ0v) is 17.8. The van der Waals surface area contributed by atoms with E-state index in [0.29, 0.717) is 5.41 Å². The number of benzene rings is 1. The van der Waals surface area contributed by atoms with Crippen molar-refractivity contribution in [1.82, 2.24) is 10.6 Å². The quantitative estimate of drug-likeness (QED) is 0.820. The highest BCUT2D eigenvalue weighted by molar-refractivity contribution is 5.75. The predicted octanol–water partition coefficient (Wildman–Crippen LogP) is 4.10. The Morgan fingerprint density at radius 1 is 1.18 bits per heavy atom. The first kappa shape index (κ1) is 19.6. The normalized spacial score (nSPS) is 32.2. The molecule has 154 valence electrons. The van der Waals surface area contributed by atoms with E-state index >= 15 is 0 Å². The van der Waals surface area contributed by atoms with Crippen LogP contribution < -0.4 is 15.5 Å². The second kappa shape index (κ2) is 7.25. The third-order valence-electron chi connectivity index (χ3n) is 8.22. The Hall–Kier alpha value is -1.75. The molecule has 2 aliphatic carbocycles. The van der Waals surface area contributed by atoms with Crippen LogP contribution in [0.5, 0.6) is 0 Å². The molecule has 0 radical (unpaired) electrons. The van der Waals surface area contributed by atoms with Crippen molar-refractivity contribution in [1.29, 1.82) is 0 Å². The van der Waals surface area contributed by atoms with Crippen molar-refractivity contribution < 1.29 is 9.53 Å². The van der Waals surface area contributed by atoms with Crippen molar-refractivity contribution in [2.75, 3.05) is 31.2 Å². The lowest BCUT2D eigenvalue weighted by molar-refractivity contribution is 0.122. The lowest BCUT2D eigenvalue weighted by atomic mass is 9.69. The number of amides is 2. The minimum Gasteiger partial charge on any atom is -0.378 e. The number of hydrogen-bond acceptors (Lipinski definition) is 3. The number of ether oxygens (including phenoxy) is 1. The van der Waals surface area contributed by atoms with Gasteiger partial charge in [0, 0.05) is 24.8 Å². The zero-order valence-electron chi connectivity index (χ0n) is 17.8. The Kier molecular flexibility index (Phi) is 5.07. The molecule has 2 N–H and O–H groups in total. The molecule has 2 amide bonds. The summed E-state index contributed by atoms with van der Waals surface area (Å²) in [6.07, 6.45) is 3.63. The average molecular weight is 386 g/mol.